The third-order valence-electron chi connectivity index (χ3n) is 4.98. The zero-order chi connectivity index (χ0) is 18.8. The molecule has 2 amide bonds. The van der Waals surface area contributed by atoms with Gasteiger partial charge in [-0.3, -0.25) is 9.59 Å². The topological polar surface area (TPSA) is 74.0 Å². The molecule has 1 aliphatic rings. The predicted octanol–water partition coefficient (Wildman–Crippen LogP) is 3.05. The minimum absolute atomic E-state index is 0.130. The van der Waals surface area contributed by atoms with E-state index in [0.29, 0.717) is 5.75 Å². The molecule has 1 aromatic heterocycles. The van der Waals surface area contributed by atoms with Gasteiger partial charge in [0.2, 0.25) is 11.8 Å². The van der Waals surface area contributed by atoms with Crippen molar-refractivity contribution in [3.05, 3.63) is 66.4 Å². The first-order valence-electron chi connectivity index (χ1n) is 8.98. The summed E-state index contributed by atoms with van der Waals surface area (Å²) >= 11 is 1.56. The molecule has 27 heavy (non-hydrogen) atoms. The second-order valence-corrected chi connectivity index (χ2v) is 7.84. The number of carbonyl (C=O) groups excluding carboxylic acids is 2. The van der Waals surface area contributed by atoms with Crippen LogP contribution in [0.5, 0.6) is 0 Å². The van der Waals surface area contributed by atoms with Crippen LogP contribution in [0.2, 0.25) is 0 Å². The van der Waals surface area contributed by atoms with Crippen molar-refractivity contribution in [1.29, 1.82) is 0 Å². The van der Waals surface area contributed by atoms with Gasteiger partial charge in [0.15, 0.2) is 0 Å². The van der Waals surface area contributed by atoms with E-state index in [0.717, 1.165) is 21.4 Å². The van der Waals surface area contributed by atoms with Crippen molar-refractivity contribution in [2.24, 2.45) is 0 Å². The first-order valence-corrected chi connectivity index (χ1v) is 9.96. The van der Waals surface area contributed by atoms with Crippen LogP contribution in [0.4, 0.5) is 0 Å². The van der Waals surface area contributed by atoms with Gasteiger partial charge in [-0.2, -0.15) is 0 Å². The van der Waals surface area contributed by atoms with Crippen LogP contribution in [0, 0.1) is 0 Å². The molecule has 1 fully saturated rings. The van der Waals surface area contributed by atoms with Crippen LogP contribution in [0.1, 0.15) is 18.4 Å². The summed E-state index contributed by atoms with van der Waals surface area (Å²) in [7, 11) is 0. The maximum Gasteiger partial charge on any atom is 0.244 e. The molecule has 5 nitrogen and oxygen atoms in total. The number of aromatic nitrogens is 1. The molecule has 3 N–H and O–H groups in total. The third-order valence-corrected chi connectivity index (χ3v) is 6.09. The summed E-state index contributed by atoms with van der Waals surface area (Å²) in [6.45, 7) is 1.97. The zero-order valence-electron chi connectivity index (χ0n) is 14.9. The average molecular weight is 379 g/mol. The highest BCUT2D eigenvalue weighted by molar-refractivity contribution is 7.99. The fourth-order valence-corrected chi connectivity index (χ4v) is 4.41. The molecular weight excluding hydrogens is 358 g/mol. The molecule has 1 saturated heterocycles. The number of nitrogens with one attached hydrogen (secondary N) is 3. The summed E-state index contributed by atoms with van der Waals surface area (Å²) in [6.07, 6.45) is 1.92. The summed E-state index contributed by atoms with van der Waals surface area (Å²) in [4.78, 5) is 29.6. The second kappa shape index (κ2) is 7.48. The number of fused-ring (bicyclic) bond motifs is 1. The summed E-state index contributed by atoms with van der Waals surface area (Å²) < 4.78 is 0. The number of hydrogen-bond acceptors (Lipinski definition) is 3. The van der Waals surface area contributed by atoms with Crippen molar-refractivity contribution in [2.45, 2.75) is 29.8 Å². The number of carbonyl (C=O) groups is 2. The van der Waals surface area contributed by atoms with Gasteiger partial charge < -0.3 is 15.6 Å². The van der Waals surface area contributed by atoms with Crippen molar-refractivity contribution in [1.82, 2.24) is 15.6 Å². The number of aromatic amines is 1. The molecule has 4 rings (SSSR count). The Morgan fingerprint density at radius 2 is 1.70 bits per heavy atom. The van der Waals surface area contributed by atoms with E-state index in [1.165, 1.54) is 0 Å². The van der Waals surface area contributed by atoms with Gasteiger partial charge in [-0.25, -0.2) is 0 Å². The number of amides is 2. The molecule has 0 aliphatic carbocycles. The Hall–Kier alpha value is -2.73. The molecule has 6 heteroatoms. The molecule has 0 radical (unpaired) electrons. The second-order valence-electron chi connectivity index (χ2n) is 6.75. The van der Waals surface area contributed by atoms with E-state index in [1.54, 1.807) is 11.8 Å². The van der Waals surface area contributed by atoms with Gasteiger partial charge >= 0.3 is 0 Å². The summed E-state index contributed by atoms with van der Waals surface area (Å²) in [5.74, 6) is 0.115. The highest BCUT2D eigenvalue weighted by atomic mass is 32.2. The number of thioether (sulfide) groups is 1. The molecule has 0 bridgehead atoms. The van der Waals surface area contributed by atoms with E-state index >= 15 is 0 Å². The van der Waals surface area contributed by atoms with Crippen LogP contribution in [0.25, 0.3) is 10.9 Å². The van der Waals surface area contributed by atoms with Gasteiger partial charge in [0, 0.05) is 33.7 Å². The Kier molecular flexibility index (Phi) is 4.90. The SMILES string of the molecule is CC(c1c[nH]c2ccccc12)[C@H]1NC(=O)[C@@H](CSc2ccccc2)NC1=O. The Morgan fingerprint density at radius 3 is 2.52 bits per heavy atom. The molecule has 3 atom stereocenters. The van der Waals surface area contributed by atoms with Crippen molar-refractivity contribution in [3.63, 3.8) is 0 Å². The minimum atomic E-state index is -0.574. The van der Waals surface area contributed by atoms with Crippen LogP contribution in [-0.2, 0) is 9.59 Å². The molecule has 3 aromatic rings. The predicted molar refractivity (Wildman–Crippen MR) is 108 cm³/mol. The van der Waals surface area contributed by atoms with Gasteiger partial charge in [0.05, 0.1) is 0 Å². The molecule has 1 aliphatic heterocycles. The Morgan fingerprint density at radius 1 is 0.963 bits per heavy atom. The smallest absolute Gasteiger partial charge is 0.244 e. The van der Waals surface area contributed by atoms with E-state index in [-0.39, 0.29) is 17.7 Å². The maximum atomic E-state index is 12.7. The van der Waals surface area contributed by atoms with Gasteiger partial charge in [-0.15, -0.1) is 11.8 Å². The summed E-state index contributed by atoms with van der Waals surface area (Å²) in [5.41, 5.74) is 2.06. The van der Waals surface area contributed by atoms with Gasteiger partial charge in [0.25, 0.3) is 0 Å². The fourth-order valence-electron chi connectivity index (χ4n) is 3.46. The van der Waals surface area contributed by atoms with Crippen LogP contribution >= 0.6 is 11.8 Å². The van der Waals surface area contributed by atoms with Crippen LogP contribution in [-0.4, -0.2) is 34.6 Å². The van der Waals surface area contributed by atoms with Gasteiger partial charge in [-0.05, 0) is 23.8 Å². The lowest BCUT2D eigenvalue weighted by Crippen LogP contribution is -2.63. The highest BCUT2D eigenvalue weighted by Gasteiger charge is 2.37. The molecule has 0 saturated carbocycles. The number of benzene rings is 2. The third kappa shape index (κ3) is 3.57. The Labute approximate surface area is 161 Å². The van der Waals surface area contributed by atoms with E-state index in [4.69, 9.17) is 0 Å². The largest absolute Gasteiger partial charge is 0.361 e. The molecule has 1 unspecified atom stereocenters. The number of para-hydroxylation sites is 1. The van der Waals surface area contributed by atoms with Crippen molar-refractivity contribution >= 4 is 34.5 Å². The van der Waals surface area contributed by atoms with Crippen molar-refractivity contribution < 1.29 is 9.59 Å². The monoisotopic (exact) mass is 379 g/mol. The van der Waals surface area contributed by atoms with E-state index in [1.807, 2.05) is 67.7 Å². The summed E-state index contributed by atoms with van der Waals surface area (Å²) in [5, 5.41) is 6.90. The first kappa shape index (κ1) is 17.7. The van der Waals surface area contributed by atoms with Crippen LogP contribution in [0.3, 0.4) is 0 Å². The van der Waals surface area contributed by atoms with Gasteiger partial charge in [0.1, 0.15) is 12.1 Å². The minimum Gasteiger partial charge on any atom is -0.361 e. The molecular formula is C21H21N3O2S. The number of H-pyrrole nitrogens is 1. The molecule has 2 aromatic carbocycles. The Balaban J connectivity index is 1.45. The lowest BCUT2D eigenvalue weighted by Gasteiger charge is -2.32. The van der Waals surface area contributed by atoms with E-state index < -0.39 is 12.1 Å². The lowest BCUT2D eigenvalue weighted by molar-refractivity contribution is -0.136. The van der Waals surface area contributed by atoms with Crippen molar-refractivity contribution in [3.8, 4) is 0 Å². The normalized spacial score (nSPS) is 20.9. The molecule has 0 spiro atoms. The number of hydrogen-bond donors (Lipinski definition) is 3. The van der Waals surface area contributed by atoms with Crippen LogP contribution < -0.4 is 10.6 Å². The maximum absolute atomic E-state index is 12.7. The average Bonchev–Trinajstić information content (AvgIpc) is 3.13. The highest BCUT2D eigenvalue weighted by Crippen LogP contribution is 2.29. The lowest BCUT2D eigenvalue weighted by atomic mass is 9.90. The van der Waals surface area contributed by atoms with Crippen molar-refractivity contribution in [2.75, 3.05) is 5.75 Å². The zero-order valence-corrected chi connectivity index (χ0v) is 15.8. The van der Waals surface area contributed by atoms with Gasteiger partial charge in [-0.1, -0.05) is 43.3 Å². The first-order chi connectivity index (χ1) is 13.1. The quantitative estimate of drug-likeness (QED) is 0.597. The van der Waals surface area contributed by atoms with E-state index in [2.05, 4.69) is 15.6 Å². The van der Waals surface area contributed by atoms with Crippen LogP contribution in [0.15, 0.2) is 65.7 Å². The summed E-state index contributed by atoms with van der Waals surface area (Å²) in [6, 6.07) is 16.7. The molecule has 2 heterocycles. The Bertz CT molecular complexity index is 970. The fraction of sp³-hybridized carbons (Fsp3) is 0.238. The van der Waals surface area contributed by atoms with E-state index in [9.17, 15) is 9.59 Å². The number of piperazine rings is 1. The standard InChI is InChI=1S/C21H21N3O2S/c1-13(16-11-22-17-10-6-5-9-15(16)17)19-21(26)23-18(20(25)24-19)12-27-14-7-3-2-4-8-14/h2-11,13,18-19,22H,12H2,1H3,(H,23,26)(H,24,25)/t13?,18-,19-/m1/s1. The molecule has 138 valence electrons. The number of rotatable bonds is 5.